The van der Waals surface area contributed by atoms with Crippen molar-refractivity contribution in [2.45, 2.75) is 25.7 Å². The number of halogens is 2. The largest absolute Gasteiger partial charge is 0.369 e. The molecule has 0 radical (unpaired) electrons. The van der Waals surface area contributed by atoms with Crippen LogP contribution in [-0.4, -0.2) is 66.2 Å². The fourth-order valence-corrected chi connectivity index (χ4v) is 3.21. The summed E-state index contributed by atoms with van der Waals surface area (Å²) in [6.07, 6.45) is 6.82. The van der Waals surface area contributed by atoms with Gasteiger partial charge in [-0.1, -0.05) is 6.42 Å². The Morgan fingerprint density at radius 2 is 1.68 bits per heavy atom. The van der Waals surface area contributed by atoms with Crippen LogP contribution in [0, 0.1) is 0 Å². The molecule has 3 heterocycles. The molecule has 156 valence electrons. The number of hydrogen-bond donors (Lipinski definition) is 1. The molecule has 0 saturated carbocycles. The zero-order chi connectivity index (χ0) is 18.2. The molecule has 8 nitrogen and oxygen atoms in total. The molecule has 2 saturated heterocycles. The van der Waals surface area contributed by atoms with E-state index in [-0.39, 0.29) is 36.9 Å². The topological polar surface area (TPSA) is 78.0 Å². The van der Waals surface area contributed by atoms with E-state index in [0.717, 1.165) is 44.7 Å². The fourth-order valence-electron chi connectivity index (χ4n) is 3.21. The first-order valence-electron chi connectivity index (χ1n) is 9.11. The van der Waals surface area contributed by atoms with E-state index in [2.05, 4.69) is 15.3 Å². The molecule has 0 aliphatic carbocycles. The lowest BCUT2D eigenvalue weighted by molar-refractivity contribution is -0.191. The van der Waals surface area contributed by atoms with Gasteiger partial charge in [0.2, 0.25) is 0 Å². The van der Waals surface area contributed by atoms with Crippen molar-refractivity contribution in [3.8, 4) is 0 Å². The number of pyridine rings is 1. The van der Waals surface area contributed by atoms with Crippen LogP contribution in [-0.2, 0) is 14.4 Å². The maximum atomic E-state index is 12.1. The number of carbonyl (C=O) groups excluding carboxylic acids is 2. The van der Waals surface area contributed by atoms with E-state index in [4.69, 9.17) is 4.84 Å². The highest BCUT2D eigenvalue weighted by Gasteiger charge is 2.22. The first-order valence-corrected chi connectivity index (χ1v) is 9.11. The third-order valence-electron chi connectivity index (χ3n) is 4.59. The molecule has 2 aliphatic heterocycles. The zero-order valence-corrected chi connectivity index (χ0v) is 17.3. The van der Waals surface area contributed by atoms with Crippen LogP contribution in [0.15, 0.2) is 30.2 Å². The molecule has 1 aromatic heterocycles. The molecule has 0 bridgehead atoms. The van der Waals surface area contributed by atoms with Gasteiger partial charge in [0.25, 0.3) is 0 Å². The van der Waals surface area contributed by atoms with Crippen LogP contribution < -0.4 is 10.3 Å². The van der Waals surface area contributed by atoms with Gasteiger partial charge in [-0.15, -0.1) is 29.9 Å². The predicted molar refractivity (Wildman–Crippen MR) is 111 cm³/mol. The molecule has 2 fully saturated rings. The summed E-state index contributed by atoms with van der Waals surface area (Å²) in [5.74, 6) is 1.39. The Balaban J connectivity index is 0.00000196. The molecule has 2 aliphatic rings. The SMILES string of the molecule is Cl.Cl.O=C=C(CC(=O)ON1CCN(c2ccncc2)CC1)NN1CCCCC1. The number of hydroxylamine groups is 2. The molecular formula is C18H27Cl2N5O3. The number of carbonyl (C=O) groups is 1. The Morgan fingerprint density at radius 1 is 1.04 bits per heavy atom. The molecule has 3 rings (SSSR count). The van der Waals surface area contributed by atoms with Gasteiger partial charge >= 0.3 is 5.97 Å². The van der Waals surface area contributed by atoms with E-state index in [1.165, 1.54) is 6.42 Å². The average molecular weight is 432 g/mol. The van der Waals surface area contributed by atoms with Crippen LogP contribution in [0.5, 0.6) is 0 Å². The van der Waals surface area contributed by atoms with Gasteiger partial charge in [-0.2, -0.15) is 0 Å². The average Bonchev–Trinajstić information content (AvgIpc) is 2.69. The van der Waals surface area contributed by atoms with E-state index in [9.17, 15) is 9.59 Å². The summed E-state index contributed by atoms with van der Waals surface area (Å²) in [7, 11) is 0. The minimum atomic E-state index is -0.440. The molecule has 0 amide bonds. The second kappa shape index (κ2) is 12.6. The maximum Gasteiger partial charge on any atom is 0.331 e. The van der Waals surface area contributed by atoms with Crippen molar-refractivity contribution in [3.05, 3.63) is 30.2 Å². The smallest absolute Gasteiger partial charge is 0.331 e. The molecule has 1 aromatic rings. The molecular weight excluding hydrogens is 405 g/mol. The lowest BCUT2D eigenvalue weighted by Crippen LogP contribution is -2.47. The number of piperidine rings is 1. The summed E-state index contributed by atoms with van der Waals surface area (Å²) in [6.45, 7) is 4.51. The van der Waals surface area contributed by atoms with E-state index in [0.29, 0.717) is 13.1 Å². The number of nitrogens with zero attached hydrogens (tertiary/aromatic N) is 4. The van der Waals surface area contributed by atoms with E-state index in [1.807, 2.05) is 23.1 Å². The minimum Gasteiger partial charge on any atom is -0.369 e. The standard InChI is InChI=1S/C18H25N5O3.2ClH/c24-15-16(20-22-8-2-1-3-9-22)14-18(25)26-23-12-10-21(11-13-23)17-4-6-19-7-5-17;;/h4-7,20H,1-3,8-14H2;2*1H. The Labute approximate surface area is 177 Å². The third kappa shape index (κ3) is 7.30. The maximum absolute atomic E-state index is 12.1. The van der Waals surface area contributed by atoms with Crippen molar-refractivity contribution in [1.29, 1.82) is 0 Å². The van der Waals surface area contributed by atoms with Crippen LogP contribution in [0.25, 0.3) is 0 Å². The van der Waals surface area contributed by atoms with Gasteiger partial charge in [0.05, 0.1) is 19.5 Å². The van der Waals surface area contributed by atoms with Gasteiger partial charge in [0, 0.05) is 44.3 Å². The van der Waals surface area contributed by atoms with Crippen molar-refractivity contribution < 1.29 is 14.4 Å². The first kappa shape index (κ1) is 24.2. The van der Waals surface area contributed by atoms with Gasteiger partial charge in [0.15, 0.2) is 0 Å². The lowest BCUT2D eigenvalue weighted by atomic mass is 10.2. The number of piperazine rings is 1. The highest BCUT2D eigenvalue weighted by Crippen LogP contribution is 2.15. The normalized spacial score (nSPS) is 17.5. The van der Waals surface area contributed by atoms with Crippen LogP contribution in [0.1, 0.15) is 25.7 Å². The van der Waals surface area contributed by atoms with Crippen LogP contribution in [0.3, 0.4) is 0 Å². The number of hydrogen-bond acceptors (Lipinski definition) is 8. The fraction of sp³-hybridized carbons (Fsp3) is 0.556. The highest BCUT2D eigenvalue weighted by atomic mass is 35.5. The summed E-state index contributed by atoms with van der Waals surface area (Å²) in [5.41, 5.74) is 4.34. The number of anilines is 1. The second-order valence-corrected chi connectivity index (χ2v) is 6.50. The number of nitrogens with one attached hydrogen (secondary N) is 1. The van der Waals surface area contributed by atoms with Gasteiger partial charge in [-0.05, 0) is 25.0 Å². The van der Waals surface area contributed by atoms with Crippen molar-refractivity contribution in [2.24, 2.45) is 0 Å². The molecule has 0 aromatic carbocycles. The van der Waals surface area contributed by atoms with Gasteiger partial charge in [-0.25, -0.2) is 14.6 Å². The quantitative estimate of drug-likeness (QED) is 0.680. The molecule has 0 spiro atoms. The van der Waals surface area contributed by atoms with Crippen molar-refractivity contribution in [1.82, 2.24) is 20.5 Å². The second-order valence-electron chi connectivity index (χ2n) is 6.50. The van der Waals surface area contributed by atoms with E-state index < -0.39 is 5.97 Å². The minimum absolute atomic E-state index is 0. The first-order chi connectivity index (χ1) is 12.7. The van der Waals surface area contributed by atoms with Crippen molar-refractivity contribution in [2.75, 3.05) is 44.2 Å². The molecule has 0 atom stereocenters. The Bertz CT molecular complexity index is 644. The monoisotopic (exact) mass is 431 g/mol. The highest BCUT2D eigenvalue weighted by molar-refractivity contribution is 5.85. The predicted octanol–water partition coefficient (Wildman–Crippen LogP) is 1.60. The Kier molecular flexibility index (Phi) is 10.9. The van der Waals surface area contributed by atoms with Crippen molar-refractivity contribution in [3.63, 3.8) is 0 Å². The lowest BCUT2D eigenvalue weighted by Gasteiger charge is -2.34. The van der Waals surface area contributed by atoms with Crippen LogP contribution >= 0.6 is 24.8 Å². The van der Waals surface area contributed by atoms with Gasteiger partial charge < -0.3 is 15.2 Å². The number of rotatable bonds is 6. The van der Waals surface area contributed by atoms with Crippen LogP contribution in [0.2, 0.25) is 0 Å². The van der Waals surface area contributed by atoms with E-state index in [1.54, 1.807) is 17.5 Å². The molecule has 1 N–H and O–H groups in total. The zero-order valence-electron chi connectivity index (χ0n) is 15.7. The summed E-state index contributed by atoms with van der Waals surface area (Å²) in [4.78, 5) is 34.9. The van der Waals surface area contributed by atoms with Crippen LogP contribution in [0.4, 0.5) is 5.69 Å². The third-order valence-corrected chi connectivity index (χ3v) is 4.59. The summed E-state index contributed by atoms with van der Waals surface area (Å²) >= 11 is 0. The number of aromatic nitrogens is 1. The Morgan fingerprint density at radius 3 is 2.29 bits per heavy atom. The number of hydrazine groups is 1. The van der Waals surface area contributed by atoms with Gasteiger partial charge in [-0.3, -0.25) is 4.98 Å². The van der Waals surface area contributed by atoms with Crippen molar-refractivity contribution >= 4 is 42.4 Å². The summed E-state index contributed by atoms with van der Waals surface area (Å²) in [5, 5.41) is 3.62. The van der Waals surface area contributed by atoms with Gasteiger partial charge in [0.1, 0.15) is 11.6 Å². The summed E-state index contributed by atoms with van der Waals surface area (Å²) < 4.78 is 0. The summed E-state index contributed by atoms with van der Waals surface area (Å²) in [6, 6.07) is 3.93. The van der Waals surface area contributed by atoms with E-state index >= 15 is 0 Å². The Hall–Kier alpha value is -1.83. The molecule has 0 unspecified atom stereocenters. The molecule has 28 heavy (non-hydrogen) atoms. The molecule has 10 heteroatoms.